The predicted molar refractivity (Wildman–Crippen MR) is 53.2 cm³/mol. The summed E-state index contributed by atoms with van der Waals surface area (Å²) in [5.41, 5.74) is 5.66. The van der Waals surface area contributed by atoms with Gasteiger partial charge in [0.2, 0.25) is 0 Å². The van der Waals surface area contributed by atoms with Crippen molar-refractivity contribution in [3.63, 3.8) is 0 Å². The lowest BCUT2D eigenvalue weighted by Crippen LogP contribution is -2.04. The number of hydrogen-bond acceptors (Lipinski definition) is 3. The first-order valence-corrected chi connectivity index (χ1v) is 5.05. The zero-order chi connectivity index (χ0) is 10.7. The van der Waals surface area contributed by atoms with Crippen molar-refractivity contribution in [2.45, 2.75) is 17.9 Å². The van der Waals surface area contributed by atoms with Gasteiger partial charge in [-0.2, -0.15) is 0 Å². The molecule has 0 aromatic heterocycles. The molecule has 5 heteroatoms. The van der Waals surface area contributed by atoms with Crippen molar-refractivity contribution < 1.29 is 13.9 Å². The Bertz CT molecular complexity index is 331. The zero-order valence-corrected chi connectivity index (χ0v) is 8.44. The van der Waals surface area contributed by atoms with Crippen LogP contribution in [-0.2, 0) is 0 Å². The Balaban J connectivity index is 2.89. The van der Waals surface area contributed by atoms with Gasteiger partial charge >= 0.3 is 0 Å². The molecule has 1 atom stereocenters. The van der Waals surface area contributed by atoms with E-state index in [1.165, 1.54) is 6.07 Å². The molecule has 0 aliphatic carbocycles. The highest BCUT2D eigenvalue weighted by Crippen LogP contribution is 2.29. The first-order chi connectivity index (χ1) is 6.52. The van der Waals surface area contributed by atoms with Crippen LogP contribution >= 0.6 is 11.8 Å². The number of aliphatic hydroxyl groups is 1. The highest BCUT2D eigenvalue weighted by Gasteiger charge is 2.12. The van der Waals surface area contributed by atoms with Crippen molar-refractivity contribution in [2.24, 2.45) is 0 Å². The Hall–Kier alpha value is -0.810. The molecule has 0 radical (unpaired) electrons. The lowest BCUT2D eigenvalue weighted by atomic mass is 10.3. The molecule has 1 aromatic carbocycles. The van der Waals surface area contributed by atoms with Gasteiger partial charge in [-0.1, -0.05) is 0 Å². The van der Waals surface area contributed by atoms with E-state index < -0.39 is 17.7 Å². The highest BCUT2D eigenvalue weighted by atomic mass is 32.2. The SMILES string of the molecule is C[C@H](O)CSc1c(N)ccc(F)c1F. The van der Waals surface area contributed by atoms with E-state index in [1.54, 1.807) is 6.92 Å². The molecule has 0 saturated heterocycles. The minimum Gasteiger partial charge on any atom is -0.398 e. The number of halogens is 2. The number of benzene rings is 1. The van der Waals surface area contributed by atoms with Gasteiger partial charge in [-0.25, -0.2) is 8.78 Å². The van der Waals surface area contributed by atoms with Crippen molar-refractivity contribution in [3.8, 4) is 0 Å². The number of thioether (sulfide) groups is 1. The topological polar surface area (TPSA) is 46.2 Å². The van der Waals surface area contributed by atoms with Crippen LogP contribution < -0.4 is 5.73 Å². The summed E-state index contributed by atoms with van der Waals surface area (Å²) < 4.78 is 25.9. The van der Waals surface area contributed by atoms with Gasteiger partial charge in [0.1, 0.15) is 0 Å². The van der Waals surface area contributed by atoms with E-state index in [-0.39, 0.29) is 16.3 Å². The molecular weight excluding hydrogens is 208 g/mol. The third kappa shape index (κ3) is 2.59. The Morgan fingerprint density at radius 2 is 2.14 bits per heavy atom. The second-order valence-corrected chi connectivity index (χ2v) is 3.97. The summed E-state index contributed by atoms with van der Waals surface area (Å²) in [4.78, 5) is 0.0610. The summed E-state index contributed by atoms with van der Waals surface area (Å²) in [6.45, 7) is 1.57. The van der Waals surface area contributed by atoms with E-state index in [9.17, 15) is 8.78 Å². The summed E-state index contributed by atoms with van der Waals surface area (Å²) in [5.74, 6) is -1.59. The molecule has 0 heterocycles. The molecule has 1 aromatic rings. The average molecular weight is 219 g/mol. The van der Waals surface area contributed by atoms with Crippen molar-refractivity contribution in [3.05, 3.63) is 23.8 Å². The fraction of sp³-hybridized carbons (Fsp3) is 0.333. The van der Waals surface area contributed by atoms with Crippen LogP contribution in [0.25, 0.3) is 0 Å². The fourth-order valence-corrected chi connectivity index (χ4v) is 1.76. The maximum Gasteiger partial charge on any atom is 0.174 e. The Kier molecular flexibility index (Phi) is 3.71. The van der Waals surface area contributed by atoms with E-state index in [1.807, 2.05) is 0 Å². The Morgan fingerprint density at radius 3 is 2.71 bits per heavy atom. The molecule has 0 spiro atoms. The lowest BCUT2D eigenvalue weighted by molar-refractivity contribution is 0.220. The summed E-state index contributed by atoms with van der Waals surface area (Å²) >= 11 is 1.01. The predicted octanol–water partition coefficient (Wildman–Crippen LogP) is 2.02. The normalized spacial score (nSPS) is 12.9. The molecule has 0 amide bonds. The summed E-state index contributed by atoms with van der Waals surface area (Å²) in [6, 6.07) is 2.29. The molecule has 0 aliphatic heterocycles. The zero-order valence-electron chi connectivity index (χ0n) is 7.63. The summed E-state index contributed by atoms with van der Waals surface area (Å²) in [6.07, 6.45) is -0.581. The largest absolute Gasteiger partial charge is 0.398 e. The summed E-state index contributed by atoms with van der Waals surface area (Å²) in [5, 5.41) is 8.99. The molecule has 0 bridgehead atoms. The third-order valence-electron chi connectivity index (χ3n) is 1.55. The molecule has 0 fully saturated rings. The van der Waals surface area contributed by atoms with Crippen LogP contribution in [0.15, 0.2) is 17.0 Å². The Morgan fingerprint density at radius 1 is 1.50 bits per heavy atom. The monoisotopic (exact) mass is 219 g/mol. The number of nitrogens with two attached hydrogens (primary N) is 1. The lowest BCUT2D eigenvalue weighted by Gasteiger charge is -2.08. The van der Waals surface area contributed by atoms with Gasteiger partial charge < -0.3 is 10.8 Å². The van der Waals surface area contributed by atoms with Gasteiger partial charge in [0.15, 0.2) is 11.6 Å². The third-order valence-corrected chi connectivity index (χ3v) is 2.90. The van der Waals surface area contributed by atoms with E-state index in [4.69, 9.17) is 10.8 Å². The molecule has 1 rings (SSSR count). The Labute approximate surface area is 85.1 Å². The quantitative estimate of drug-likeness (QED) is 0.604. The van der Waals surface area contributed by atoms with Crippen LogP contribution in [0.2, 0.25) is 0 Å². The van der Waals surface area contributed by atoms with Gasteiger partial charge in [0.05, 0.1) is 11.0 Å². The number of anilines is 1. The summed E-state index contributed by atoms with van der Waals surface area (Å²) in [7, 11) is 0. The van der Waals surface area contributed by atoms with Gasteiger partial charge in [-0.15, -0.1) is 11.8 Å². The van der Waals surface area contributed by atoms with Crippen molar-refractivity contribution in [1.29, 1.82) is 0 Å². The van der Waals surface area contributed by atoms with Crippen molar-refractivity contribution in [2.75, 3.05) is 11.5 Å². The maximum atomic E-state index is 13.2. The number of rotatable bonds is 3. The van der Waals surface area contributed by atoms with Crippen LogP contribution in [0.1, 0.15) is 6.92 Å². The van der Waals surface area contributed by atoms with Crippen LogP contribution in [0.3, 0.4) is 0 Å². The van der Waals surface area contributed by atoms with Crippen LogP contribution in [0.5, 0.6) is 0 Å². The first kappa shape index (κ1) is 11.3. The standard InChI is InChI=1S/C9H11F2NOS/c1-5(13)4-14-9-7(12)3-2-6(10)8(9)11/h2-3,5,13H,4,12H2,1H3/t5-/m0/s1. The maximum absolute atomic E-state index is 13.2. The van der Waals surface area contributed by atoms with E-state index in [0.29, 0.717) is 0 Å². The van der Waals surface area contributed by atoms with Crippen LogP contribution in [0.4, 0.5) is 14.5 Å². The number of nitrogen functional groups attached to an aromatic ring is 1. The molecule has 14 heavy (non-hydrogen) atoms. The van der Waals surface area contributed by atoms with E-state index in [0.717, 1.165) is 17.8 Å². The molecule has 0 saturated carbocycles. The minimum atomic E-state index is -0.948. The van der Waals surface area contributed by atoms with Gasteiger partial charge in [-0.05, 0) is 19.1 Å². The molecule has 78 valence electrons. The molecule has 2 nitrogen and oxygen atoms in total. The first-order valence-electron chi connectivity index (χ1n) is 4.06. The average Bonchev–Trinajstić information content (AvgIpc) is 2.11. The molecule has 0 aliphatic rings. The molecule has 3 N–H and O–H groups in total. The fourth-order valence-electron chi connectivity index (χ4n) is 0.898. The van der Waals surface area contributed by atoms with Gasteiger partial charge in [0, 0.05) is 11.4 Å². The van der Waals surface area contributed by atoms with Crippen molar-refractivity contribution >= 4 is 17.4 Å². The van der Waals surface area contributed by atoms with E-state index >= 15 is 0 Å². The van der Waals surface area contributed by atoms with Crippen LogP contribution in [0, 0.1) is 11.6 Å². The van der Waals surface area contributed by atoms with Gasteiger partial charge in [-0.3, -0.25) is 0 Å². The smallest absolute Gasteiger partial charge is 0.174 e. The molecule has 0 unspecified atom stereocenters. The van der Waals surface area contributed by atoms with E-state index in [2.05, 4.69) is 0 Å². The number of hydrogen-bond donors (Lipinski definition) is 2. The second kappa shape index (κ2) is 4.61. The van der Waals surface area contributed by atoms with Crippen LogP contribution in [-0.4, -0.2) is 17.0 Å². The van der Waals surface area contributed by atoms with Crippen molar-refractivity contribution in [1.82, 2.24) is 0 Å². The second-order valence-electron chi connectivity index (χ2n) is 2.94. The molecular formula is C9H11F2NOS. The van der Waals surface area contributed by atoms with Gasteiger partial charge in [0.25, 0.3) is 0 Å². The number of aliphatic hydroxyl groups excluding tert-OH is 1. The minimum absolute atomic E-state index is 0.0610. The highest BCUT2D eigenvalue weighted by molar-refractivity contribution is 7.99.